The van der Waals surface area contributed by atoms with Gasteiger partial charge in [-0.25, -0.2) is 4.98 Å². The van der Waals surface area contributed by atoms with Crippen molar-refractivity contribution < 1.29 is 23.1 Å². The number of aliphatic hydroxyl groups is 1. The molecule has 0 unspecified atom stereocenters. The van der Waals surface area contributed by atoms with Gasteiger partial charge in [0.15, 0.2) is 0 Å². The number of halogens is 3. The average molecular weight is 495 g/mol. The molecule has 0 aliphatic carbocycles. The number of hydrogen-bond acceptors (Lipinski definition) is 7. The Hall–Kier alpha value is -2.92. The topological polar surface area (TPSA) is 116 Å². The second kappa shape index (κ2) is 9.98. The monoisotopic (exact) mass is 494 g/mol. The number of aromatic nitrogens is 2. The molecule has 0 saturated heterocycles. The lowest BCUT2D eigenvalue weighted by Crippen LogP contribution is -2.39. The van der Waals surface area contributed by atoms with E-state index in [1.807, 2.05) is 12.1 Å². The van der Waals surface area contributed by atoms with Gasteiger partial charge in [0, 0.05) is 37.1 Å². The molecule has 0 radical (unpaired) electrons. The highest BCUT2D eigenvalue weighted by atomic mass is 19.4. The first-order chi connectivity index (χ1) is 16.1. The van der Waals surface area contributed by atoms with Crippen molar-refractivity contribution >= 4 is 23.4 Å². The molecule has 0 spiro atoms. The fourth-order valence-electron chi connectivity index (χ4n) is 3.74. The number of carbonyl (C=O) groups excluding carboxylic acids is 1. The summed E-state index contributed by atoms with van der Waals surface area (Å²) in [5.74, 6) is -0.384. The van der Waals surface area contributed by atoms with Gasteiger partial charge in [-0.2, -0.15) is 18.2 Å². The van der Waals surface area contributed by atoms with Gasteiger partial charge in [0.05, 0.1) is 12.0 Å². The van der Waals surface area contributed by atoms with Crippen LogP contribution >= 0.6 is 0 Å². The standard InChI is InChI=1S/C24H33F3N6O2/c1-22(2,28)8-9-29-20-18(24(25,26)27)13-30-21(32-20)31-17-6-5-16-14-33(10-7-15(16)11-17)19(34)12-23(3,4)35/h5-6,11,13,35H,7-10,12,14,28H2,1-4H3,(H2,29,30,31,32). The number of alkyl halides is 3. The van der Waals surface area contributed by atoms with Crippen molar-refractivity contribution in [3.8, 4) is 0 Å². The van der Waals surface area contributed by atoms with Crippen LogP contribution in [0.4, 0.5) is 30.6 Å². The lowest BCUT2D eigenvalue weighted by molar-refractivity contribution is -0.137. The lowest BCUT2D eigenvalue weighted by atomic mass is 9.97. The molecule has 1 aliphatic rings. The quantitative estimate of drug-likeness (QED) is 0.441. The number of nitrogens with zero attached hydrogens (tertiary/aromatic N) is 3. The number of hydrogen-bond donors (Lipinski definition) is 4. The van der Waals surface area contributed by atoms with E-state index < -0.39 is 22.9 Å². The van der Waals surface area contributed by atoms with Gasteiger partial charge in [-0.1, -0.05) is 6.07 Å². The van der Waals surface area contributed by atoms with Crippen molar-refractivity contribution in [2.75, 3.05) is 23.7 Å². The Bertz CT molecular complexity index is 1060. The van der Waals surface area contributed by atoms with Crippen LogP contribution in [-0.2, 0) is 23.9 Å². The molecule has 3 rings (SSSR count). The summed E-state index contributed by atoms with van der Waals surface area (Å²) in [7, 11) is 0. The first-order valence-corrected chi connectivity index (χ1v) is 11.5. The fourth-order valence-corrected chi connectivity index (χ4v) is 3.74. The number of nitrogens with one attached hydrogen (secondary N) is 2. The van der Waals surface area contributed by atoms with Gasteiger partial charge in [-0.3, -0.25) is 4.79 Å². The Labute approximate surface area is 203 Å². The minimum Gasteiger partial charge on any atom is -0.390 e. The molecule has 0 saturated carbocycles. The van der Waals surface area contributed by atoms with Crippen molar-refractivity contribution in [1.82, 2.24) is 14.9 Å². The number of nitrogens with two attached hydrogens (primary N) is 1. The maximum Gasteiger partial charge on any atom is 0.421 e. The van der Waals surface area contributed by atoms with Crippen LogP contribution < -0.4 is 16.4 Å². The van der Waals surface area contributed by atoms with E-state index in [-0.39, 0.29) is 30.6 Å². The van der Waals surface area contributed by atoms with E-state index in [1.54, 1.807) is 38.7 Å². The predicted octanol–water partition coefficient (Wildman–Crippen LogP) is 3.82. The van der Waals surface area contributed by atoms with E-state index in [9.17, 15) is 23.1 Å². The maximum absolute atomic E-state index is 13.4. The Kier molecular flexibility index (Phi) is 7.61. The summed E-state index contributed by atoms with van der Waals surface area (Å²) >= 11 is 0. The Morgan fingerprint density at radius 3 is 2.54 bits per heavy atom. The molecule has 1 aromatic heterocycles. The Balaban J connectivity index is 1.73. The van der Waals surface area contributed by atoms with E-state index in [4.69, 9.17) is 5.73 Å². The Morgan fingerprint density at radius 2 is 1.91 bits per heavy atom. The van der Waals surface area contributed by atoms with Crippen LogP contribution in [0.25, 0.3) is 0 Å². The van der Waals surface area contributed by atoms with Crippen LogP contribution in [0.5, 0.6) is 0 Å². The minimum absolute atomic E-state index is 0.0326. The lowest BCUT2D eigenvalue weighted by Gasteiger charge is -2.31. The minimum atomic E-state index is -4.60. The molecular weight excluding hydrogens is 461 g/mol. The summed E-state index contributed by atoms with van der Waals surface area (Å²) in [6.07, 6.45) is -2.71. The largest absolute Gasteiger partial charge is 0.421 e. The van der Waals surface area contributed by atoms with Crippen molar-refractivity contribution in [1.29, 1.82) is 0 Å². The van der Waals surface area contributed by atoms with Crippen molar-refractivity contribution in [3.63, 3.8) is 0 Å². The Morgan fingerprint density at radius 1 is 1.20 bits per heavy atom. The van der Waals surface area contributed by atoms with Gasteiger partial charge in [0.1, 0.15) is 11.4 Å². The summed E-state index contributed by atoms with van der Waals surface area (Å²) in [6, 6.07) is 5.53. The van der Waals surface area contributed by atoms with E-state index in [2.05, 4.69) is 20.6 Å². The van der Waals surface area contributed by atoms with E-state index in [1.165, 1.54) is 0 Å². The average Bonchev–Trinajstić information content (AvgIpc) is 2.70. The van der Waals surface area contributed by atoms with E-state index in [0.717, 1.165) is 17.3 Å². The number of fused-ring (bicyclic) bond motifs is 1. The summed E-state index contributed by atoms with van der Waals surface area (Å²) in [6.45, 7) is 7.98. The number of amides is 1. The molecule has 11 heteroatoms. The molecule has 0 fully saturated rings. The highest BCUT2D eigenvalue weighted by Gasteiger charge is 2.35. The molecule has 35 heavy (non-hydrogen) atoms. The zero-order valence-electron chi connectivity index (χ0n) is 20.5. The normalized spacial score (nSPS) is 14.5. The van der Waals surface area contributed by atoms with Crippen LogP contribution in [0.2, 0.25) is 0 Å². The van der Waals surface area contributed by atoms with Gasteiger partial charge in [0.2, 0.25) is 11.9 Å². The first-order valence-electron chi connectivity index (χ1n) is 11.5. The third kappa shape index (κ3) is 7.79. The molecule has 192 valence electrons. The molecule has 0 bridgehead atoms. The fraction of sp³-hybridized carbons (Fsp3) is 0.542. The molecule has 1 amide bonds. The van der Waals surface area contributed by atoms with Gasteiger partial charge < -0.3 is 26.4 Å². The maximum atomic E-state index is 13.4. The molecule has 2 aromatic rings. The molecule has 1 aromatic carbocycles. The number of anilines is 3. The summed E-state index contributed by atoms with van der Waals surface area (Å²) in [5, 5.41) is 15.6. The van der Waals surface area contributed by atoms with Crippen LogP contribution in [0.3, 0.4) is 0 Å². The molecular formula is C24H33F3N6O2. The van der Waals surface area contributed by atoms with Crippen LogP contribution in [0, 0.1) is 0 Å². The summed E-state index contributed by atoms with van der Waals surface area (Å²) in [4.78, 5) is 22.1. The molecule has 8 nitrogen and oxygen atoms in total. The number of carbonyl (C=O) groups is 1. The van der Waals surface area contributed by atoms with Gasteiger partial charge >= 0.3 is 6.18 Å². The smallest absolute Gasteiger partial charge is 0.390 e. The van der Waals surface area contributed by atoms with Gasteiger partial charge in [-0.15, -0.1) is 0 Å². The van der Waals surface area contributed by atoms with Gasteiger partial charge in [-0.05, 0) is 63.8 Å². The second-order valence-corrected chi connectivity index (χ2v) is 10.3. The molecule has 0 atom stereocenters. The molecule has 2 heterocycles. The molecule has 1 aliphatic heterocycles. The highest BCUT2D eigenvalue weighted by molar-refractivity contribution is 5.77. The number of rotatable bonds is 8. The highest BCUT2D eigenvalue weighted by Crippen LogP contribution is 2.34. The molecule has 5 N–H and O–H groups in total. The third-order valence-corrected chi connectivity index (χ3v) is 5.57. The van der Waals surface area contributed by atoms with Crippen LogP contribution in [0.1, 0.15) is 57.2 Å². The zero-order chi connectivity index (χ0) is 26.0. The summed E-state index contributed by atoms with van der Waals surface area (Å²) < 4.78 is 40.3. The van der Waals surface area contributed by atoms with E-state index >= 15 is 0 Å². The SMILES string of the molecule is CC(C)(N)CCNc1nc(Nc2ccc3c(c2)CCN(C(=O)CC(C)(C)O)C3)ncc1C(F)(F)F. The zero-order valence-corrected chi connectivity index (χ0v) is 20.5. The van der Waals surface area contributed by atoms with Crippen molar-refractivity contribution in [2.45, 2.75) is 70.8 Å². The first kappa shape index (κ1) is 26.7. The third-order valence-electron chi connectivity index (χ3n) is 5.57. The van der Waals surface area contributed by atoms with Crippen LogP contribution in [-0.4, -0.2) is 50.1 Å². The van der Waals surface area contributed by atoms with E-state index in [0.29, 0.717) is 31.6 Å². The second-order valence-electron chi connectivity index (χ2n) is 10.3. The van der Waals surface area contributed by atoms with Crippen molar-refractivity contribution in [3.05, 3.63) is 41.1 Å². The van der Waals surface area contributed by atoms with Crippen LogP contribution in [0.15, 0.2) is 24.4 Å². The van der Waals surface area contributed by atoms with Gasteiger partial charge in [0.25, 0.3) is 0 Å². The predicted molar refractivity (Wildman–Crippen MR) is 128 cm³/mol. The van der Waals surface area contributed by atoms with Crippen molar-refractivity contribution in [2.24, 2.45) is 5.73 Å². The number of benzene rings is 1. The summed E-state index contributed by atoms with van der Waals surface area (Å²) in [5.41, 5.74) is 6.02.